The fourth-order valence-electron chi connectivity index (χ4n) is 2.68. The van der Waals surface area contributed by atoms with Crippen LogP contribution in [0.15, 0.2) is 28.9 Å². The summed E-state index contributed by atoms with van der Waals surface area (Å²) in [5, 5.41) is 6.36. The standard InChI is InChI=1S/C17H20N4O3/c1-11-4-7-21(8-5-11)17(23)14-10-13(3-6-18-14)16(22)19-15-9-12(2)24-20-15/h3,6,9-11H,4-5,7-8H2,1-2H3,(H,19,20,22). The molecule has 1 saturated heterocycles. The number of carbonyl (C=O) groups excluding carboxylic acids is 2. The number of nitrogens with zero attached hydrogens (tertiary/aromatic N) is 3. The summed E-state index contributed by atoms with van der Waals surface area (Å²) >= 11 is 0. The Hall–Kier alpha value is -2.70. The third-order valence-electron chi connectivity index (χ3n) is 4.18. The Balaban J connectivity index is 1.71. The van der Waals surface area contributed by atoms with E-state index in [9.17, 15) is 9.59 Å². The molecule has 2 aromatic rings. The first-order chi connectivity index (χ1) is 11.5. The van der Waals surface area contributed by atoms with E-state index in [1.807, 2.05) is 0 Å². The van der Waals surface area contributed by atoms with Crippen LogP contribution in [-0.4, -0.2) is 39.9 Å². The van der Waals surface area contributed by atoms with Gasteiger partial charge in [-0.25, -0.2) is 0 Å². The average Bonchev–Trinajstić information content (AvgIpc) is 3.00. The number of rotatable bonds is 3. The van der Waals surface area contributed by atoms with Crippen LogP contribution in [0.5, 0.6) is 0 Å². The fourth-order valence-corrected chi connectivity index (χ4v) is 2.68. The lowest BCUT2D eigenvalue weighted by atomic mass is 9.99. The Labute approximate surface area is 140 Å². The molecule has 0 radical (unpaired) electrons. The van der Waals surface area contributed by atoms with Crippen LogP contribution in [0.3, 0.4) is 0 Å². The SMILES string of the molecule is Cc1cc(NC(=O)c2ccnc(C(=O)N3CCC(C)CC3)c2)no1. The molecule has 1 fully saturated rings. The van der Waals surface area contributed by atoms with E-state index < -0.39 is 0 Å². The van der Waals surface area contributed by atoms with Crippen LogP contribution in [-0.2, 0) is 0 Å². The largest absolute Gasteiger partial charge is 0.360 e. The number of anilines is 1. The van der Waals surface area contributed by atoms with Crippen LogP contribution in [0.4, 0.5) is 5.82 Å². The zero-order valence-corrected chi connectivity index (χ0v) is 13.8. The highest BCUT2D eigenvalue weighted by atomic mass is 16.5. The predicted octanol–water partition coefficient (Wildman–Crippen LogP) is 2.50. The summed E-state index contributed by atoms with van der Waals surface area (Å²) in [5.41, 5.74) is 0.646. The number of likely N-dealkylation sites (tertiary alicyclic amines) is 1. The zero-order chi connectivity index (χ0) is 17.1. The summed E-state index contributed by atoms with van der Waals surface area (Å²) < 4.78 is 4.91. The van der Waals surface area contributed by atoms with Gasteiger partial charge in [-0.2, -0.15) is 0 Å². The van der Waals surface area contributed by atoms with Crippen molar-refractivity contribution >= 4 is 17.6 Å². The minimum absolute atomic E-state index is 0.131. The molecule has 1 aliphatic rings. The van der Waals surface area contributed by atoms with Gasteiger partial charge in [0.05, 0.1) is 0 Å². The highest BCUT2D eigenvalue weighted by Gasteiger charge is 2.23. The molecule has 0 aromatic carbocycles. The first-order valence-electron chi connectivity index (χ1n) is 8.03. The van der Waals surface area contributed by atoms with Crippen LogP contribution in [0.25, 0.3) is 0 Å². The van der Waals surface area contributed by atoms with Gasteiger partial charge in [-0.05, 0) is 37.8 Å². The second-order valence-corrected chi connectivity index (χ2v) is 6.18. The van der Waals surface area contributed by atoms with Gasteiger partial charge in [0.2, 0.25) is 0 Å². The molecule has 0 bridgehead atoms. The second-order valence-electron chi connectivity index (χ2n) is 6.18. The molecule has 0 atom stereocenters. The molecular weight excluding hydrogens is 308 g/mol. The Morgan fingerprint density at radius 1 is 1.29 bits per heavy atom. The Kier molecular flexibility index (Phi) is 4.59. The molecule has 126 valence electrons. The van der Waals surface area contributed by atoms with Gasteiger partial charge in [-0.1, -0.05) is 12.1 Å². The average molecular weight is 328 g/mol. The quantitative estimate of drug-likeness (QED) is 0.935. The summed E-state index contributed by atoms with van der Waals surface area (Å²) in [5.74, 6) is 1.10. The van der Waals surface area contributed by atoms with Crippen molar-refractivity contribution in [3.63, 3.8) is 0 Å². The highest BCUT2D eigenvalue weighted by Crippen LogP contribution is 2.18. The lowest BCUT2D eigenvalue weighted by Gasteiger charge is -2.30. The van der Waals surface area contributed by atoms with Gasteiger partial charge in [-0.3, -0.25) is 14.6 Å². The van der Waals surface area contributed by atoms with E-state index in [1.54, 1.807) is 24.0 Å². The van der Waals surface area contributed by atoms with Crippen molar-refractivity contribution < 1.29 is 14.1 Å². The van der Waals surface area contributed by atoms with Crippen molar-refractivity contribution in [1.82, 2.24) is 15.0 Å². The van der Waals surface area contributed by atoms with Gasteiger partial charge >= 0.3 is 0 Å². The smallest absolute Gasteiger partial charge is 0.272 e. The van der Waals surface area contributed by atoms with Crippen LogP contribution in [0.1, 0.15) is 46.4 Å². The lowest BCUT2D eigenvalue weighted by Crippen LogP contribution is -2.38. The maximum Gasteiger partial charge on any atom is 0.272 e. The minimum atomic E-state index is -0.355. The Morgan fingerprint density at radius 2 is 2.04 bits per heavy atom. The lowest BCUT2D eigenvalue weighted by molar-refractivity contribution is 0.0691. The van der Waals surface area contributed by atoms with Crippen LogP contribution in [0, 0.1) is 12.8 Å². The van der Waals surface area contributed by atoms with Gasteiger partial charge in [0.25, 0.3) is 11.8 Å². The molecule has 2 amide bonds. The summed E-state index contributed by atoms with van der Waals surface area (Å²) in [6.45, 7) is 5.40. The molecule has 7 nitrogen and oxygen atoms in total. The molecular formula is C17H20N4O3. The van der Waals surface area contributed by atoms with Crippen LogP contribution in [0.2, 0.25) is 0 Å². The maximum atomic E-state index is 12.5. The first-order valence-corrected chi connectivity index (χ1v) is 8.03. The van der Waals surface area contributed by atoms with E-state index in [1.165, 1.54) is 12.3 Å². The van der Waals surface area contributed by atoms with Crippen molar-refractivity contribution in [2.24, 2.45) is 5.92 Å². The van der Waals surface area contributed by atoms with E-state index in [-0.39, 0.29) is 17.5 Å². The third kappa shape index (κ3) is 3.61. The predicted molar refractivity (Wildman–Crippen MR) is 87.7 cm³/mol. The molecule has 0 spiro atoms. The number of amides is 2. The molecule has 1 N–H and O–H groups in total. The van der Waals surface area contributed by atoms with E-state index in [2.05, 4.69) is 22.4 Å². The molecule has 0 unspecified atom stereocenters. The number of hydrogen-bond acceptors (Lipinski definition) is 5. The molecule has 24 heavy (non-hydrogen) atoms. The zero-order valence-electron chi connectivity index (χ0n) is 13.8. The molecule has 2 aromatic heterocycles. The van der Waals surface area contributed by atoms with Crippen LogP contribution < -0.4 is 5.32 Å². The fraction of sp³-hybridized carbons (Fsp3) is 0.412. The number of aryl methyl sites for hydroxylation is 1. The van der Waals surface area contributed by atoms with Crippen LogP contribution >= 0.6 is 0 Å². The summed E-state index contributed by atoms with van der Waals surface area (Å²) in [7, 11) is 0. The molecule has 1 aliphatic heterocycles. The molecule has 7 heteroatoms. The number of nitrogens with one attached hydrogen (secondary N) is 1. The van der Waals surface area contributed by atoms with Gasteiger partial charge < -0.3 is 14.7 Å². The van der Waals surface area contributed by atoms with Gasteiger partial charge in [0.15, 0.2) is 5.82 Å². The minimum Gasteiger partial charge on any atom is -0.360 e. The number of aromatic nitrogens is 2. The van der Waals surface area contributed by atoms with Crippen molar-refractivity contribution in [3.8, 4) is 0 Å². The Bertz CT molecular complexity index is 748. The third-order valence-corrected chi connectivity index (χ3v) is 4.18. The van der Waals surface area contributed by atoms with Crippen molar-refractivity contribution in [2.75, 3.05) is 18.4 Å². The molecule has 3 heterocycles. The first kappa shape index (κ1) is 16.2. The number of carbonyl (C=O) groups is 2. The Morgan fingerprint density at radius 3 is 2.71 bits per heavy atom. The number of hydrogen-bond donors (Lipinski definition) is 1. The van der Waals surface area contributed by atoms with Gasteiger partial charge in [0, 0.05) is 30.9 Å². The van der Waals surface area contributed by atoms with E-state index >= 15 is 0 Å². The van der Waals surface area contributed by atoms with Crippen molar-refractivity contribution in [2.45, 2.75) is 26.7 Å². The second kappa shape index (κ2) is 6.82. The molecule has 3 rings (SSSR count). The monoisotopic (exact) mass is 328 g/mol. The molecule has 0 saturated carbocycles. The topological polar surface area (TPSA) is 88.3 Å². The van der Waals surface area contributed by atoms with E-state index in [4.69, 9.17) is 4.52 Å². The van der Waals surface area contributed by atoms with E-state index in [0.29, 0.717) is 23.1 Å². The summed E-state index contributed by atoms with van der Waals surface area (Å²) in [4.78, 5) is 30.7. The van der Waals surface area contributed by atoms with Crippen molar-refractivity contribution in [3.05, 3.63) is 41.4 Å². The van der Waals surface area contributed by atoms with E-state index in [0.717, 1.165) is 25.9 Å². The molecule has 0 aliphatic carbocycles. The van der Waals surface area contributed by atoms with Crippen molar-refractivity contribution in [1.29, 1.82) is 0 Å². The summed E-state index contributed by atoms with van der Waals surface area (Å²) in [6, 6.07) is 4.71. The summed E-state index contributed by atoms with van der Waals surface area (Å²) in [6.07, 6.45) is 3.47. The highest BCUT2D eigenvalue weighted by molar-refractivity contribution is 6.05. The normalized spacial score (nSPS) is 15.3. The number of piperidine rings is 1. The van der Waals surface area contributed by atoms with Gasteiger partial charge in [-0.15, -0.1) is 0 Å². The number of pyridine rings is 1. The maximum absolute atomic E-state index is 12.5. The van der Waals surface area contributed by atoms with Gasteiger partial charge in [0.1, 0.15) is 11.5 Å².